The minimum atomic E-state index is -0.345. The quantitative estimate of drug-likeness (QED) is 0.344. The average Bonchev–Trinajstić information content (AvgIpc) is 2.36. The van der Waals surface area contributed by atoms with Gasteiger partial charge in [-0.2, -0.15) is 0 Å². The zero-order valence-corrected chi connectivity index (χ0v) is 11.5. The topological polar surface area (TPSA) is 82.8 Å². The van der Waals surface area contributed by atoms with Gasteiger partial charge < -0.3 is 25.3 Å². The van der Waals surface area contributed by atoms with Crippen molar-refractivity contribution in [3.8, 4) is 0 Å². The maximum atomic E-state index is 11.9. The molecule has 1 amide bonds. The van der Waals surface area contributed by atoms with Crippen LogP contribution in [0.3, 0.4) is 0 Å². The predicted molar refractivity (Wildman–Crippen MR) is 68.6 cm³/mol. The van der Waals surface area contributed by atoms with Gasteiger partial charge in [-0.15, -0.1) is 0 Å². The van der Waals surface area contributed by atoms with E-state index in [9.17, 15) is 4.79 Å². The van der Waals surface area contributed by atoms with E-state index in [1.807, 2.05) is 13.8 Å². The fourth-order valence-corrected chi connectivity index (χ4v) is 1.18. The van der Waals surface area contributed by atoms with Gasteiger partial charge in [-0.1, -0.05) is 0 Å². The van der Waals surface area contributed by atoms with Gasteiger partial charge in [0.15, 0.2) is 0 Å². The van der Waals surface area contributed by atoms with Crippen molar-refractivity contribution in [2.75, 3.05) is 32.9 Å². The molecule has 0 aliphatic carbocycles. The zero-order valence-electron chi connectivity index (χ0n) is 11.5. The highest BCUT2D eigenvalue weighted by Gasteiger charge is 2.19. The number of rotatable bonds is 10. The molecule has 0 aromatic heterocycles. The van der Waals surface area contributed by atoms with Crippen molar-refractivity contribution in [2.24, 2.45) is 5.73 Å². The molecule has 0 aliphatic heterocycles. The third kappa shape index (κ3) is 6.34. The van der Waals surface area contributed by atoms with E-state index in [4.69, 9.17) is 19.9 Å². The third-order valence-electron chi connectivity index (χ3n) is 1.90. The lowest BCUT2D eigenvalue weighted by molar-refractivity contribution is -0.122. The Balaban J connectivity index is 4.74. The first kappa shape index (κ1) is 16.6. The highest BCUT2D eigenvalue weighted by atomic mass is 16.7. The van der Waals surface area contributed by atoms with E-state index in [1.54, 1.807) is 6.92 Å². The van der Waals surface area contributed by atoms with Crippen molar-refractivity contribution in [3.63, 3.8) is 0 Å². The monoisotopic (exact) mass is 260 g/mol. The number of carbonyl (C=O) groups is 1. The third-order valence-corrected chi connectivity index (χ3v) is 1.90. The summed E-state index contributed by atoms with van der Waals surface area (Å²) in [7, 11) is 0. The molecule has 0 rings (SSSR count). The lowest BCUT2D eigenvalue weighted by Gasteiger charge is -2.15. The van der Waals surface area contributed by atoms with Crippen LogP contribution in [0.5, 0.6) is 0 Å². The molecule has 18 heavy (non-hydrogen) atoms. The molecule has 3 N–H and O–H groups in total. The van der Waals surface area contributed by atoms with Crippen LogP contribution in [0.4, 0.5) is 0 Å². The van der Waals surface area contributed by atoms with Crippen LogP contribution in [0.1, 0.15) is 27.2 Å². The van der Waals surface area contributed by atoms with Crippen molar-refractivity contribution < 1.29 is 19.0 Å². The minimum absolute atomic E-state index is 0.0817. The van der Waals surface area contributed by atoms with Gasteiger partial charge in [0.2, 0.25) is 0 Å². The van der Waals surface area contributed by atoms with E-state index in [1.165, 1.54) is 0 Å². The largest absolute Gasteiger partial charge is 0.483 e. The summed E-state index contributed by atoms with van der Waals surface area (Å²) in [4.78, 5) is 11.9. The predicted octanol–water partition coefficient (Wildman–Crippen LogP) is 0.730. The zero-order chi connectivity index (χ0) is 13.8. The van der Waals surface area contributed by atoms with Gasteiger partial charge in [-0.05, 0) is 33.7 Å². The molecule has 0 aromatic rings. The maximum absolute atomic E-state index is 11.9. The first-order valence-corrected chi connectivity index (χ1v) is 6.32. The number of hydrogen-bond donors (Lipinski definition) is 2. The molecule has 6 nitrogen and oxygen atoms in total. The van der Waals surface area contributed by atoms with Crippen LogP contribution >= 0.6 is 0 Å². The van der Waals surface area contributed by atoms with E-state index < -0.39 is 0 Å². The molecule has 0 unspecified atom stereocenters. The van der Waals surface area contributed by atoms with E-state index >= 15 is 0 Å². The molecule has 0 heterocycles. The van der Waals surface area contributed by atoms with Crippen LogP contribution in [-0.2, 0) is 19.0 Å². The summed E-state index contributed by atoms with van der Waals surface area (Å²) < 4.78 is 15.8. The Labute approximate surface area is 108 Å². The maximum Gasteiger partial charge on any atom is 0.329 e. The van der Waals surface area contributed by atoms with E-state index in [2.05, 4.69) is 5.32 Å². The van der Waals surface area contributed by atoms with Crippen molar-refractivity contribution in [2.45, 2.75) is 27.2 Å². The van der Waals surface area contributed by atoms with Crippen LogP contribution in [0, 0.1) is 0 Å². The van der Waals surface area contributed by atoms with E-state index in [-0.39, 0.29) is 17.6 Å². The average molecular weight is 260 g/mol. The van der Waals surface area contributed by atoms with Crippen LogP contribution in [0.15, 0.2) is 11.7 Å². The highest BCUT2D eigenvalue weighted by Crippen LogP contribution is 2.10. The Morgan fingerprint density at radius 2 is 1.61 bits per heavy atom. The Bertz CT molecular complexity index is 259. The van der Waals surface area contributed by atoms with Crippen molar-refractivity contribution in [3.05, 3.63) is 11.7 Å². The van der Waals surface area contributed by atoms with Crippen molar-refractivity contribution in [1.82, 2.24) is 5.32 Å². The smallest absolute Gasteiger partial charge is 0.329 e. The Morgan fingerprint density at radius 3 is 2.06 bits per heavy atom. The second kappa shape index (κ2) is 10.7. The summed E-state index contributed by atoms with van der Waals surface area (Å²) in [5.74, 6) is -0.132. The number of carbonyl (C=O) groups excluding carboxylic acids is 1. The Hall–Kier alpha value is -1.43. The number of nitrogens with two attached hydrogens (primary N) is 1. The van der Waals surface area contributed by atoms with E-state index in [0.29, 0.717) is 39.3 Å². The molecule has 0 aliphatic rings. The van der Waals surface area contributed by atoms with Gasteiger partial charge in [-0.25, -0.2) is 0 Å². The Morgan fingerprint density at radius 1 is 1.06 bits per heavy atom. The fourth-order valence-electron chi connectivity index (χ4n) is 1.18. The minimum Gasteiger partial charge on any atom is -0.483 e. The molecule has 0 atom stereocenters. The second-order valence-corrected chi connectivity index (χ2v) is 3.31. The standard InChI is InChI=1S/C12H24N2O4/c1-4-16-10(11(15)14-9-7-8-13)12(17-5-2)18-6-3/h4-9,13H2,1-3H3,(H,14,15). The summed E-state index contributed by atoms with van der Waals surface area (Å²) in [6, 6.07) is 0. The van der Waals surface area contributed by atoms with Crippen LogP contribution in [-0.4, -0.2) is 38.8 Å². The van der Waals surface area contributed by atoms with Gasteiger partial charge in [0.1, 0.15) is 0 Å². The SMILES string of the molecule is CCOC(OCC)=C(OCC)C(=O)NCCCN. The van der Waals surface area contributed by atoms with E-state index in [0.717, 1.165) is 0 Å². The molecular weight excluding hydrogens is 236 g/mol. The molecular formula is C12H24N2O4. The summed E-state index contributed by atoms with van der Waals surface area (Å²) >= 11 is 0. The summed E-state index contributed by atoms with van der Waals surface area (Å²) in [6.07, 6.45) is 0.712. The Kier molecular flexibility index (Phi) is 9.86. The molecule has 0 saturated heterocycles. The van der Waals surface area contributed by atoms with Gasteiger partial charge in [0.05, 0.1) is 19.8 Å². The van der Waals surface area contributed by atoms with Gasteiger partial charge in [-0.3, -0.25) is 4.79 Å². The molecule has 0 spiro atoms. The second-order valence-electron chi connectivity index (χ2n) is 3.31. The van der Waals surface area contributed by atoms with Crippen LogP contribution < -0.4 is 11.1 Å². The summed E-state index contributed by atoms with van der Waals surface area (Å²) in [6.45, 7) is 7.62. The molecule has 106 valence electrons. The molecule has 0 fully saturated rings. The lowest BCUT2D eigenvalue weighted by Crippen LogP contribution is -2.30. The van der Waals surface area contributed by atoms with Crippen LogP contribution in [0.25, 0.3) is 0 Å². The first-order chi connectivity index (χ1) is 8.71. The number of hydrogen-bond acceptors (Lipinski definition) is 5. The number of ether oxygens (including phenoxy) is 3. The summed E-state index contributed by atoms with van der Waals surface area (Å²) in [5.41, 5.74) is 5.36. The van der Waals surface area contributed by atoms with Crippen LogP contribution in [0.2, 0.25) is 0 Å². The van der Waals surface area contributed by atoms with Gasteiger partial charge in [0, 0.05) is 6.54 Å². The summed E-state index contributed by atoms with van der Waals surface area (Å²) in [5, 5.41) is 2.70. The van der Waals surface area contributed by atoms with Crippen molar-refractivity contribution in [1.29, 1.82) is 0 Å². The fraction of sp³-hybridized carbons (Fsp3) is 0.750. The normalized spacial score (nSPS) is 9.56. The highest BCUT2D eigenvalue weighted by molar-refractivity contribution is 5.91. The lowest BCUT2D eigenvalue weighted by atomic mass is 10.4. The molecule has 6 heteroatoms. The molecule has 0 aromatic carbocycles. The van der Waals surface area contributed by atoms with Gasteiger partial charge in [0.25, 0.3) is 11.7 Å². The molecule has 0 bridgehead atoms. The first-order valence-electron chi connectivity index (χ1n) is 6.32. The molecule has 0 radical (unpaired) electrons. The van der Waals surface area contributed by atoms with Gasteiger partial charge >= 0.3 is 5.95 Å². The number of nitrogens with one attached hydrogen (secondary N) is 1. The van der Waals surface area contributed by atoms with Crippen molar-refractivity contribution >= 4 is 5.91 Å². The number of amides is 1. The molecule has 0 saturated carbocycles.